The number of nitrogens with zero attached hydrogens (tertiary/aromatic N) is 2. The minimum absolute atomic E-state index is 0. The second-order valence-electron chi connectivity index (χ2n) is 6.93. The first-order valence-electron chi connectivity index (χ1n) is 9.04. The fourth-order valence-electron chi connectivity index (χ4n) is 3.75. The first-order chi connectivity index (χ1) is 12.2. The molecule has 2 aromatic rings. The summed E-state index contributed by atoms with van der Waals surface area (Å²) in [5.74, 6) is 1.77. The summed E-state index contributed by atoms with van der Waals surface area (Å²) in [5.41, 5.74) is 1.73. The van der Waals surface area contributed by atoms with Crippen LogP contribution in [0.15, 0.2) is 65.7 Å². The molecule has 0 radical (unpaired) electrons. The molecular weight excluding hydrogens is 408 g/mol. The zero-order chi connectivity index (χ0) is 17.1. The number of halogens is 1. The van der Waals surface area contributed by atoms with Gasteiger partial charge in [-0.15, -0.1) is 17.0 Å². The van der Waals surface area contributed by atoms with Crippen molar-refractivity contribution in [1.82, 2.24) is 4.90 Å². The van der Waals surface area contributed by atoms with E-state index in [1.54, 1.807) is 0 Å². The Morgan fingerprint density at radius 2 is 1.62 bits per heavy atom. The number of fused-ring (bicyclic) bond motifs is 1. The fraction of sp³-hybridized carbons (Fsp3) is 0.381. The largest absolute Gasteiger partial charge is 0.366 e. The van der Waals surface area contributed by atoms with Gasteiger partial charge in [-0.25, -0.2) is 4.99 Å². The van der Waals surface area contributed by atoms with E-state index in [2.05, 4.69) is 59.5 Å². The minimum Gasteiger partial charge on any atom is -0.366 e. The Balaban J connectivity index is 0.00000196. The maximum Gasteiger partial charge on any atom is 0.319 e. The van der Waals surface area contributed by atoms with E-state index in [4.69, 9.17) is 4.99 Å². The molecule has 0 aliphatic carbocycles. The van der Waals surface area contributed by atoms with Crippen molar-refractivity contribution in [2.45, 2.75) is 30.7 Å². The standard InChI is InChI=1S/C21H25N2OS.BrH/c24-21(15-18-9-3-1-4-10-18)17-25(16-19-11-5-2-6-12-19)20-22-13-7-8-14-23(20)21;/h1-6,9-12,24H,7-8,13-17H2;1H/q+1;. The molecule has 2 atom stereocenters. The summed E-state index contributed by atoms with van der Waals surface area (Å²) >= 11 is 0. The molecule has 1 N–H and O–H groups in total. The highest BCUT2D eigenvalue weighted by molar-refractivity contribution is 8.93. The molecule has 5 heteroatoms. The topological polar surface area (TPSA) is 35.8 Å². The maximum atomic E-state index is 11.6. The number of aliphatic imine (C=N–C) groups is 1. The number of amidine groups is 1. The molecule has 2 heterocycles. The van der Waals surface area contributed by atoms with Gasteiger partial charge in [0, 0.05) is 25.1 Å². The van der Waals surface area contributed by atoms with Gasteiger partial charge in [-0.2, -0.15) is 0 Å². The lowest BCUT2D eigenvalue weighted by molar-refractivity contribution is -0.0409. The molecule has 1 fully saturated rings. The van der Waals surface area contributed by atoms with Crippen LogP contribution in [0.25, 0.3) is 0 Å². The molecule has 0 bridgehead atoms. The first-order valence-corrected chi connectivity index (χ1v) is 10.6. The molecule has 0 aromatic heterocycles. The Labute approximate surface area is 169 Å². The van der Waals surface area contributed by atoms with Gasteiger partial charge in [-0.1, -0.05) is 60.7 Å². The fourth-order valence-corrected chi connectivity index (χ4v) is 6.37. The van der Waals surface area contributed by atoms with Gasteiger partial charge in [0.15, 0.2) is 11.5 Å². The second-order valence-corrected chi connectivity index (χ2v) is 8.86. The third-order valence-corrected chi connectivity index (χ3v) is 7.31. The summed E-state index contributed by atoms with van der Waals surface area (Å²) in [7, 11) is -0.0231. The van der Waals surface area contributed by atoms with Crippen LogP contribution in [0.4, 0.5) is 0 Å². The van der Waals surface area contributed by atoms with Crippen LogP contribution >= 0.6 is 17.0 Å². The van der Waals surface area contributed by atoms with Gasteiger partial charge in [0.05, 0.1) is 10.9 Å². The van der Waals surface area contributed by atoms with E-state index in [9.17, 15) is 5.11 Å². The predicted molar refractivity (Wildman–Crippen MR) is 116 cm³/mol. The van der Waals surface area contributed by atoms with Crippen LogP contribution in [-0.2, 0) is 23.1 Å². The third kappa shape index (κ3) is 4.16. The molecule has 2 aromatic carbocycles. The lowest BCUT2D eigenvalue weighted by Gasteiger charge is -2.30. The zero-order valence-electron chi connectivity index (χ0n) is 14.9. The molecule has 2 aliphatic rings. The van der Waals surface area contributed by atoms with Crippen molar-refractivity contribution in [2.24, 2.45) is 4.99 Å². The molecule has 0 amide bonds. The zero-order valence-corrected chi connectivity index (χ0v) is 17.4. The predicted octanol–water partition coefficient (Wildman–Crippen LogP) is 3.78. The highest BCUT2D eigenvalue weighted by atomic mass is 79.9. The van der Waals surface area contributed by atoms with Gasteiger partial charge in [0.2, 0.25) is 0 Å². The van der Waals surface area contributed by atoms with Crippen molar-refractivity contribution in [3.8, 4) is 0 Å². The number of aliphatic hydroxyl groups is 1. The van der Waals surface area contributed by atoms with E-state index in [0.717, 1.165) is 42.6 Å². The van der Waals surface area contributed by atoms with Crippen molar-refractivity contribution in [3.63, 3.8) is 0 Å². The Morgan fingerprint density at radius 1 is 0.962 bits per heavy atom. The van der Waals surface area contributed by atoms with Gasteiger partial charge in [0.1, 0.15) is 5.75 Å². The van der Waals surface area contributed by atoms with Crippen molar-refractivity contribution >= 4 is 33.0 Å². The molecule has 1 saturated heterocycles. The van der Waals surface area contributed by atoms with E-state index < -0.39 is 5.72 Å². The quantitative estimate of drug-likeness (QED) is 0.744. The molecular formula is C21H26BrN2OS+. The molecule has 3 nitrogen and oxygen atoms in total. The number of rotatable bonds is 4. The summed E-state index contributed by atoms with van der Waals surface area (Å²) in [5, 5.41) is 12.7. The number of hydrogen-bond donors (Lipinski definition) is 1. The van der Waals surface area contributed by atoms with Crippen molar-refractivity contribution < 1.29 is 5.11 Å². The normalized spacial score (nSPS) is 25.0. The van der Waals surface area contributed by atoms with E-state index in [1.807, 2.05) is 6.07 Å². The third-order valence-electron chi connectivity index (χ3n) is 4.95. The van der Waals surface area contributed by atoms with Crippen LogP contribution in [-0.4, -0.2) is 39.7 Å². The maximum absolute atomic E-state index is 11.6. The van der Waals surface area contributed by atoms with Crippen LogP contribution in [0.3, 0.4) is 0 Å². The van der Waals surface area contributed by atoms with Crippen LogP contribution in [0.2, 0.25) is 0 Å². The average molecular weight is 434 g/mol. The number of hydrogen-bond acceptors (Lipinski definition) is 3. The van der Waals surface area contributed by atoms with Gasteiger partial charge in [-0.05, 0) is 18.4 Å². The molecule has 138 valence electrons. The molecule has 2 aliphatic heterocycles. The van der Waals surface area contributed by atoms with Gasteiger partial charge in [0.25, 0.3) is 0 Å². The molecule has 4 rings (SSSR count). The summed E-state index contributed by atoms with van der Waals surface area (Å²) in [6.45, 7) is 1.81. The van der Waals surface area contributed by atoms with Gasteiger partial charge >= 0.3 is 5.17 Å². The highest BCUT2D eigenvalue weighted by Gasteiger charge is 2.55. The Morgan fingerprint density at radius 3 is 2.31 bits per heavy atom. The van der Waals surface area contributed by atoms with Crippen molar-refractivity contribution in [2.75, 3.05) is 18.8 Å². The minimum atomic E-state index is -0.803. The summed E-state index contributed by atoms with van der Waals surface area (Å²) < 4.78 is 0. The number of benzene rings is 2. The highest BCUT2D eigenvalue weighted by Crippen LogP contribution is 2.34. The SMILES string of the molecule is Br.OC1(Cc2ccccc2)C[S+](Cc2ccccc2)C2=NCCCCN21. The van der Waals surface area contributed by atoms with Crippen LogP contribution < -0.4 is 0 Å². The Hall–Kier alpha value is -1.30. The lowest BCUT2D eigenvalue weighted by Crippen LogP contribution is -2.49. The Bertz CT molecular complexity index is 740. The van der Waals surface area contributed by atoms with Crippen molar-refractivity contribution in [1.29, 1.82) is 0 Å². The molecule has 2 unspecified atom stereocenters. The van der Waals surface area contributed by atoms with Gasteiger partial charge in [-0.3, -0.25) is 4.90 Å². The monoisotopic (exact) mass is 433 g/mol. The summed E-state index contributed by atoms with van der Waals surface area (Å²) in [4.78, 5) is 7.12. The van der Waals surface area contributed by atoms with Crippen LogP contribution in [0, 0.1) is 0 Å². The average Bonchev–Trinajstić information content (AvgIpc) is 2.81. The second kappa shape index (κ2) is 8.59. The van der Waals surface area contributed by atoms with Crippen LogP contribution in [0.1, 0.15) is 24.0 Å². The smallest absolute Gasteiger partial charge is 0.319 e. The van der Waals surface area contributed by atoms with Gasteiger partial charge < -0.3 is 5.11 Å². The van der Waals surface area contributed by atoms with E-state index in [-0.39, 0.29) is 27.9 Å². The lowest BCUT2D eigenvalue weighted by atomic mass is 10.0. The molecule has 0 saturated carbocycles. The van der Waals surface area contributed by atoms with E-state index in [0.29, 0.717) is 6.42 Å². The van der Waals surface area contributed by atoms with Crippen molar-refractivity contribution in [3.05, 3.63) is 71.8 Å². The van der Waals surface area contributed by atoms with Crippen LogP contribution in [0.5, 0.6) is 0 Å². The molecule has 26 heavy (non-hydrogen) atoms. The first kappa shape index (κ1) is 19.5. The summed E-state index contributed by atoms with van der Waals surface area (Å²) in [6, 6.07) is 21.0. The molecule has 0 spiro atoms. The van der Waals surface area contributed by atoms with E-state index >= 15 is 0 Å². The summed E-state index contributed by atoms with van der Waals surface area (Å²) in [6.07, 6.45) is 2.89. The Kier molecular flexibility index (Phi) is 6.43. The van der Waals surface area contributed by atoms with E-state index in [1.165, 1.54) is 11.1 Å².